The summed E-state index contributed by atoms with van der Waals surface area (Å²) >= 11 is 3.43. The maximum absolute atomic E-state index is 10.3. The Hall–Kier alpha value is -3.58. The number of fused-ring (bicyclic) bond motifs is 2. The van der Waals surface area contributed by atoms with Gasteiger partial charge in [-0.2, -0.15) is 0 Å². The number of hydrogen-bond acceptors (Lipinski definition) is 5. The van der Waals surface area contributed by atoms with Crippen LogP contribution in [0.25, 0.3) is 28.9 Å². The summed E-state index contributed by atoms with van der Waals surface area (Å²) in [5.74, 6) is 0.0836. The standard InChI is InChI=1S/C22H14BrN5O/c23-15-11-17-18(22(29)26-21(17)25-12-15)9-14-1-3-16-19(27-28-20(16)10-14)4-2-13-5-7-24-8-6-13/h1-12,29H,(H,25,26). The fourth-order valence-corrected chi connectivity index (χ4v) is 3.57. The molecule has 5 rings (SSSR count). The summed E-state index contributed by atoms with van der Waals surface area (Å²) in [5, 5.41) is 21.6. The molecule has 0 fully saturated rings. The van der Waals surface area contributed by atoms with Crippen LogP contribution in [0.5, 0.6) is 5.88 Å². The lowest BCUT2D eigenvalue weighted by atomic mass is 10.1. The van der Waals surface area contributed by atoms with Crippen molar-refractivity contribution in [2.24, 2.45) is 10.2 Å². The molecule has 0 aliphatic carbocycles. The maximum atomic E-state index is 10.3. The Labute approximate surface area is 173 Å². The van der Waals surface area contributed by atoms with E-state index in [9.17, 15) is 5.11 Å². The molecule has 1 aromatic carbocycles. The number of H-pyrrole nitrogens is 1. The second-order valence-corrected chi connectivity index (χ2v) is 7.47. The number of aromatic hydroxyl groups is 1. The van der Waals surface area contributed by atoms with Crippen molar-refractivity contribution in [3.63, 3.8) is 0 Å². The lowest BCUT2D eigenvalue weighted by Crippen LogP contribution is -2.08. The van der Waals surface area contributed by atoms with Crippen molar-refractivity contribution >= 4 is 50.5 Å². The lowest BCUT2D eigenvalue weighted by molar-refractivity contribution is 0.457. The van der Waals surface area contributed by atoms with E-state index in [0.29, 0.717) is 11.2 Å². The molecule has 0 atom stereocenters. The number of aromatic amines is 1. The summed E-state index contributed by atoms with van der Waals surface area (Å²) in [6.45, 7) is 0. The number of halogens is 1. The minimum absolute atomic E-state index is 0.0836. The molecule has 3 aromatic heterocycles. The number of azo groups is 1. The second-order valence-electron chi connectivity index (χ2n) is 6.56. The van der Waals surface area contributed by atoms with E-state index in [4.69, 9.17) is 0 Å². The van der Waals surface area contributed by atoms with Crippen molar-refractivity contribution in [1.29, 1.82) is 0 Å². The zero-order chi connectivity index (χ0) is 19.8. The molecule has 1 aliphatic heterocycles. The highest BCUT2D eigenvalue weighted by Gasteiger charge is 2.11. The number of nitrogens with one attached hydrogen (secondary N) is 1. The minimum Gasteiger partial charge on any atom is -0.494 e. The normalized spacial score (nSPS) is 13.7. The summed E-state index contributed by atoms with van der Waals surface area (Å²) in [6, 6.07) is 11.7. The van der Waals surface area contributed by atoms with E-state index in [1.807, 2.05) is 54.6 Å². The number of aromatic nitrogens is 3. The van der Waals surface area contributed by atoms with Gasteiger partial charge in [0.1, 0.15) is 5.65 Å². The van der Waals surface area contributed by atoms with Crippen molar-refractivity contribution < 1.29 is 5.11 Å². The first kappa shape index (κ1) is 17.5. The van der Waals surface area contributed by atoms with Gasteiger partial charge in [0.2, 0.25) is 0 Å². The van der Waals surface area contributed by atoms with Crippen LogP contribution >= 0.6 is 15.9 Å². The highest BCUT2D eigenvalue weighted by Crippen LogP contribution is 2.28. The average molecular weight is 444 g/mol. The molecule has 2 N–H and O–H groups in total. The molecule has 1 aliphatic rings. The average Bonchev–Trinajstić information content (AvgIpc) is 3.28. The Balaban J connectivity index is 1.57. The fraction of sp³-hybridized carbons (Fsp3) is 0. The van der Waals surface area contributed by atoms with Gasteiger partial charge in [0.25, 0.3) is 0 Å². The molecule has 0 amide bonds. The minimum atomic E-state index is 0.0836. The summed E-state index contributed by atoms with van der Waals surface area (Å²) < 4.78 is 0.849. The molecule has 6 nitrogen and oxygen atoms in total. The van der Waals surface area contributed by atoms with E-state index < -0.39 is 0 Å². The van der Waals surface area contributed by atoms with E-state index in [1.54, 1.807) is 18.6 Å². The van der Waals surface area contributed by atoms with Crippen molar-refractivity contribution in [2.75, 3.05) is 0 Å². The summed E-state index contributed by atoms with van der Waals surface area (Å²) in [6.07, 6.45) is 11.0. The largest absolute Gasteiger partial charge is 0.494 e. The molecule has 0 unspecified atom stereocenters. The predicted molar refractivity (Wildman–Crippen MR) is 116 cm³/mol. The summed E-state index contributed by atoms with van der Waals surface area (Å²) in [5.41, 5.74) is 3.98. The Morgan fingerprint density at radius 2 is 1.86 bits per heavy atom. The SMILES string of the molecule is Oc1[nH]c2ncc(Br)cc2c1C=c1ccc2c(c1)N=NC=2C=Cc1ccncc1. The highest BCUT2D eigenvalue weighted by molar-refractivity contribution is 9.10. The predicted octanol–water partition coefficient (Wildman–Crippen LogP) is 4.17. The maximum Gasteiger partial charge on any atom is 0.198 e. The number of hydrogen-bond donors (Lipinski definition) is 2. The van der Waals surface area contributed by atoms with Crippen LogP contribution in [0.1, 0.15) is 11.1 Å². The first-order chi connectivity index (χ1) is 14.2. The van der Waals surface area contributed by atoms with Crippen LogP contribution in [0.4, 0.5) is 5.69 Å². The van der Waals surface area contributed by atoms with Crippen molar-refractivity contribution in [2.45, 2.75) is 0 Å². The third-order valence-electron chi connectivity index (χ3n) is 4.65. The molecule has 7 heteroatoms. The highest BCUT2D eigenvalue weighted by atomic mass is 79.9. The van der Waals surface area contributed by atoms with E-state index in [0.717, 1.165) is 37.2 Å². The third-order valence-corrected chi connectivity index (χ3v) is 5.08. The van der Waals surface area contributed by atoms with Gasteiger partial charge < -0.3 is 10.1 Å². The zero-order valence-electron chi connectivity index (χ0n) is 15.0. The fourth-order valence-electron chi connectivity index (χ4n) is 3.24. The van der Waals surface area contributed by atoms with Crippen LogP contribution in [-0.4, -0.2) is 20.1 Å². The number of benzene rings is 1. The van der Waals surface area contributed by atoms with Gasteiger partial charge in [0, 0.05) is 39.2 Å². The Bertz CT molecular complexity index is 1420. The summed E-state index contributed by atoms with van der Waals surface area (Å²) in [7, 11) is 0. The Morgan fingerprint density at radius 3 is 2.72 bits per heavy atom. The monoisotopic (exact) mass is 443 g/mol. The number of pyridine rings is 2. The van der Waals surface area contributed by atoms with Gasteiger partial charge in [0.05, 0.1) is 11.4 Å². The number of rotatable bonds is 3. The molecule has 0 saturated carbocycles. The molecular weight excluding hydrogens is 430 g/mol. The van der Waals surface area contributed by atoms with E-state index in [-0.39, 0.29) is 5.88 Å². The first-order valence-electron chi connectivity index (χ1n) is 8.89. The molecule has 140 valence electrons. The van der Waals surface area contributed by atoms with Crippen LogP contribution in [-0.2, 0) is 0 Å². The van der Waals surface area contributed by atoms with Gasteiger partial charge in [0.15, 0.2) is 5.88 Å². The molecule has 4 aromatic rings. The second kappa shape index (κ2) is 7.10. The quantitative estimate of drug-likeness (QED) is 0.497. The molecule has 0 spiro atoms. The van der Waals surface area contributed by atoms with Gasteiger partial charge >= 0.3 is 0 Å². The van der Waals surface area contributed by atoms with E-state index >= 15 is 0 Å². The third kappa shape index (κ3) is 3.36. The van der Waals surface area contributed by atoms with Gasteiger partial charge in [-0.3, -0.25) is 4.98 Å². The van der Waals surface area contributed by atoms with Gasteiger partial charge in [-0.25, -0.2) is 4.98 Å². The Morgan fingerprint density at radius 1 is 1.00 bits per heavy atom. The molecule has 4 heterocycles. The first-order valence-corrected chi connectivity index (χ1v) is 9.69. The van der Waals surface area contributed by atoms with E-state index in [2.05, 4.69) is 41.1 Å². The molecule has 29 heavy (non-hydrogen) atoms. The topological polar surface area (TPSA) is 86.5 Å². The molecule has 0 saturated heterocycles. The van der Waals surface area contributed by atoms with Gasteiger partial charge in [-0.1, -0.05) is 12.1 Å². The molecule has 0 radical (unpaired) electrons. The van der Waals surface area contributed by atoms with Gasteiger partial charge in [-0.15, -0.1) is 10.2 Å². The number of nitrogens with zero attached hydrogens (tertiary/aromatic N) is 4. The van der Waals surface area contributed by atoms with Crippen LogP contribution < -0.4 is 10.4 Å². The van der Waals surface area contributed by atoms with Gasteiger partial charge in [-0.05, 0) is 69.2 Å². The van der Waals surface area contributed by atoms with Crippen molar-refractivity contribution in [3.05, 3.63) is 87.1 Å². The van der Waals surface area contributed by atoms with Crippen LogP contribution in [0.3, 0.4) is 0 Å². The van der Waals surface area contributed by atoms with E-state index in [1.165, 1.54) is 0 Å². The lowest BCUT2D eigenvalue weighted by Gasteiger charge is -1.95. The van der Waals surface area contributed by atoms with Crippen LogP contribution in [0.15, 0.2) is 75.8 Å². The van der Waals surface area contributed by atoms with Crippen molar-refractivity contribution in [3.8, 4) is 5.88 Å². The van der Waals surface area contributed by atoms with Crippen molar-refractivity contribution in [1.82, 2.24) is 15.0 Å². The smallest absolute Gasteiger partial charge is 0.198 e. The summed E-state index contributed by atoms with van der Waals surface area (Å²) in [4.78, 5) is 11.2. The molecular formula is C22H14BrN5O. The Kier molecular flexibility index (Phi) is 4.29. The zero-order valence-corrected chi connectivity index (χ0v) is 16.6. The van der Waals surface area contributed by atoms with Crippen LogP contribution in [0.2, 0.25) is 0 Å². The molecule has 0 bridgehead atoms. The van der Waals surface area contributed by atoms with Crippen LogP contribution in [0, 0.1) is 0 Å².